The zero-order chi connectivity index (χ0) is 26.3. The second-order valence-corrected chi connectivity index (χ2v) is 9.77. The highest BCUT2D eigenvalue weighted by atomic mass is 35.5. The van der Waals surface area contributed by atoms with Gasteiger partial charge in [-0.1, -0.05) is 35.2 Å². The highest BCUT2D eigenvalue weighted by molar-refractivity contribution is 8.00. The molecule has 0 aliphatic rings. The molecule has 0 aliphatic heterocycles. The first-order valence-corrected chi connectivity index (χ1v) is 12.9. The quantitative estimate of drug-likeness (QED) is 0.180. The van der Waals surface area contributed by atoms with Gasteiger partial charge in [-0.25, -0.2) is 0 Å². The number of nitrogens with one attached hydrogen (secondary N) is 2. The van der Waals surface area contributed by atoms with Gasteiger partial charge < -0.3 is 20.5 Å². The highest BCUT2D eigenvalue weighted by Gasteiger charge is 2.18. The molecular weight excluding hydrogens is 523 g/mol. The molecular formula is C26H28Cl2N2O5S. The van der Waals surface area contributed by atoms with E-state index < -0.39 is 11.2 Å². The van der Waals surface area contributed by atoms with Crippen LogP contribution in [0.25, 0.3) is 0 Å². The molecule has 0 bridgehead atoms. The van der Waals surface area contributed by atoms with Gasteiger partial charge >= 0.3 is 5.97 Å². The van der Waals surface area contributed by atoms with Gasteiger partial charge in [0.1, 0.15) is 17.6 Å². The number of carbonyl (C=O) groups excluding carboxylic acids is 2. The number of hydrogen-bond donors (Lipinski definition) is 3. The Bertz CT molecular complexity index is 1100. The Morgan fingerprint density at radius 2 is 1.78 bits per heavy atom. The fourth-order valence-corrected chi connectivity index (χ4v) is 4.35. The van der Waals surface area contributed by atoms with Crippen molar-refractivity contribution in [1.29, 1.82) is 0 Å². The van der Waals surface area contributed by atoms with Crippen LogP contribution in [0.15, 0.2) is 47.4 Å². The lowest BCUT2D eigenvalue weighted by molar-refractivity contribution is -0.136. The van der Waals surface area contributed by atoms with Crippen molar-refractivity contribution in [3.63, 3.8) is 0 Å². The van der Waals surface area contributed by atoms with E-state index in [1.165, 1.54) is 11.8 Å². The summed E-state index contributed by atoms with van der Waals surface area (Å²) in [5.74, 6) is 4.74. The monoisotopic (exact) mass is 550 g/mol. The van der Waals surface area contributed by atoms with Crippen molar-refractivity contribution in [3.05, 3.63) is 58.1 Å². The summed E-state index contributed by atoms with van der Waals surface area (Å²) in [6.45, 7) is 2.30. The largest absolute Gasteiger partial charge is 0.481 e. The minimum atomic E-state index is -0.882. The predicted molar refractivity (Wildman–Crippen MR) is 143 cm³/mol. The van der Waals surface area contributed by atoms with Crippen LogP contribution in [0.1, 0.15) is 31.7 Å². The number of benzene rings is 2. The molecule has 1 atom stereocenters. The Morgan fingerprint density at radius 3 is 2.44 bits per heavy atom. The van der Waals surface area contributed by atoms with Gasteiger partial charge in [0.2, 0.25) is 11.8 Å². The number of carbonyl (C=O) groups is 3. The normalized spacial score (nSPS) is 11.1. The number of hydrogen-bond acceptors (Lipinski definition) is 5. The fraction of sp³-hybridized carbons (Fsp3) is 0.346. The van der Waals surface area contributed by atoms with E-state index in [1.54, 1.807) is 37.3 Å². The molecule has 36 heavy (non-hydrogen) atoms. The molecule has 7 nitrogen and oxygen atoms in total. The van der Waals surface area contributed by atoms with Crippen molar-refractivity contribution < 1.29 is 24.2 Å². The maximum atomic E-state index is 12.0. The standard InChI is InChI=1S/C26H28Cl2N2O5S/c1-2-3-14-35-19-8-10-20(11-9-19)36-23(26(33)34)6-4-5-13-29-25(32)17-30-24(31)16-18-7-12-21(27)22(28)15-18/h7-12,15,23H,4-6,13-14,16-17H2,1H3,(H,29,32)(H,30,31)(H,33,34). The summed E-state index contributed by atoms with van der Waals surface area (Å²) in [5, 5.41) is 15.0. The molecule has 2 amide bonds. The molecule has 2 rings (SSSR count). The summed E-state index contributed by atoms with van der Waals surface area (Å²) in [6, 6.07) is 12.2. The van der Waals surface area contributed by atoms with Crippen molar-refractivity contribution in [2.75, 3.05) is 19.7 Å². The highest BCUT2D eigenvalue weighted by Crippen LogP contribution is 2.28. The molecule has 0 aromatic heterocycles. The van der Waals surface area contributed by atoms with Gasteiger partial charge in [-0.3, -0.25) is 14.4 Å². The van der Waals surface area contributed by atoms with Crippen LogP contribution in [0.4, 0.5) is 0 Å². The molecule has 0 radical (unpaired) electrons. The molecule has 1 unspecified atom stereocenters. The topological polar surface area (TPSA) is 105 Å². The van der Waals surface area contributed by atoms with E-state index in [-0.39, 0.29) is 24.8 Å². The molecule has 0 heterocycles. The molecule has 2 aromatic rings. The molecule has 192 valence electrons. The smallest absolute Gasteiger partial charge is 0.316 e. The number of carboxylic acid groups (broad SMARTS) is 1. The first-order chi connectivity index (χ1) is 17.3. The van der Waals surface area contributed by atoms with Crippen molar-refractivity contribution in [2.24, 2.45) is 0 Å². The number of thioether (sulfide) groups is 1. The van der Waals surface area contributed by atoms with Gasteiger partial charge in [0, 0.05) is 11.4 Å². The average molecular weight is 551 g/mol. The molecule has 0 saturated carbocycles. The molecule has 10 heteroatoms. The van der Waals surface area contributed by atoms with Gasteiger partial charge in [0.15, 0.2) is 0 Å². The van der Waals surface area contributed by atoms with Crippen molar-refractivity contribution in [1.82, 2.24) is 10.6 Å². The maximum absolute atomic E-state index is 12.0. The maximum Gasteiger partial charge on any atom is 0.316 e. The lowest BCUT2D eigenvalue weighted by Gasteiger charge is -2.13. The summed E-state index contributed by atoms with van der Waals surface area (Å²) in [6.07, 6.45) is 1.80. The van der Waals surface area contributed by atoms with Crippen LogP contribution in [-0.4, -0.2) is 47.8 Å². The minimum absolute atomic E-state index is 0.0850. The summed E-state index contributed by atoms with van der Waals surface area (Å²) in [5.41, 5.74) is 0.694. The summed E-state index contributed by atoms with van der Waals surface area (Å²) < 4.78 is 5.46. The van der Waals surface area contributed by atoms with Crippen molar-refractivity contribution >= 4 is 52.7 Å². The van der Waals surface area contributed by atoms with Crippen molar-refractivity contribution in [3.8, 4) is 17.6 Å². The van der Waals surface area contributed by atoms with E-state index in [4.69, 9.17) is 27.9 Å². The summed E-state index contributed by atoms with van der Waals surface area (Å²) in [7, 11) is 0. The lowest BCUT2D eigenvalue weighted by atomic mass is 10.1. The van der Waals surface area contributed by atoms with Crippen LogP contribution in [-0.2, 0) is 20.8 Å². The van der Waals surface area contributed by atoms with Crippen LogP contribution in [0.2, 0.25) is 10.0 Å². The fourth-order valence-electron chi connectivity index (χ4n) is 3.02. The number of amides is 2. The molecule has 0 spiro atoms. The molecule has 0 fully saturated rings. The van der Waals surface area contributed by atoms with Crippen LogP contribution in [0, 0.1) is 11.8 Å². The lowest BCUT2D eigenvalue weighted by Crippen LogP contribution is -2.37. The van der Waals surface area contributed by atoms with Gasteiger partial charge in [0.05, 0.1) is 23.0 Å². The minimum Gasteiger partial charge on any atom is -0.481 e. The third kappa shape index (κ3) is 11.3. The summed E-state index contributed by atoms with van der Waals surface area (Å²) >= 11 is 13.1. The number of ether oxygens (including phenoxy) is 1. The molecule has 2 aromatic carbocycles. The van der Waals surface area contributed by atoms with E-state index in [0.29, 0.717) is 53.8 Å². The number of rotatable bonds is 14. The third-order valence-corrected chi connectivity index (χ3v) is 6.88. The van der Waals surface area contributed by atoms with Crippen LogP contribution >= 0.6 is 35.0 Å². The SMILES string of the molecule is CC#CCOc1ccc(SC(CCCCNC(=O)CNC(=O)Cc2ccc(Cl)c(Cl)c2)C(=O)O)cc1. The summed E-state index contributed by atoms with van der Waals surface area (Å²) in [4.78, 5) is 36.5. The molecule has 3 N–H and O–H groups in total. The van der Waals surface area contributed by atoms with E-state index in [1.807, 2.05) is 12.1 Å². The first kappa shape index (κ1) is 29.4. The van der Waals surface area contributed by atoms with Crippen LogP contribution < -0.4 is 15.4 Å². The number of unbranched alkanes of at least 4 members (excludes halogenated alkanes) is 1. The Balaban J connectivity index is 1.64. The van der Waals surface area contributed by atoms with E-state index >= 15 is 0 Å². The average Bonchev–Trinajstić information content (AvgIpc) is 2.85. The van der Waals surface area contributed by atoms with E-state index in [2.05, 4.69) is 22.5 Å². The van der Waals surface area contributed by atoms with Crippen LogP contribution in [0.3, 0.4) is 0 Å². The van der Waals surface area contributed by atoms with E-state index in [0.717, 1.165) is 4.90 Å². The number of aliphatic carboxylic acids is 1. The van der Waals surface area contributed by atoms with Gasteiger partial charge in [0.25, 0.3) is 0 Å². The van der Waals surface area contributed by atoms with Gasteiger partial charge in [-0.2, -0.15) is 0 Å². The second-order valence-electron chi connectivity index (χ2n) is 7.68. The zero-order valence-electron chi connectivity index (χ0n) is 19.8. The Morgan fingerprint density at radius 1 is 1.03 bits per heavy atom. The molecule has 0 aliphatic carbocycles. The predicted octanol–water partition coefficient (Wildman–Crippen LogP) is 4.59. The van der Waals surface area contributed by atoms with E-state index in [9.17, 15) is 19.5 Å². The number of halogens is 2. The zero-order valence-corrected chi connectivity index (χ0v) is 22.1. The third-order valence-electron chi connectivity index (χ3n) is 4.88. The van der Waals surface area contributed by atoms with Crippen molar-refractivity contribution in [2.45, 2.75) is 42.8 Å². The van der Waals surface area contributed by atoms with Crippen LogP contribution in [0.5, 0.6) is 5.75 Å². The molecule has 0 saturated heterocycles. The van der Waals surface area contributed by atoms with Gasteiger partial charge in [-0.05, 0) is 68.1 Å². The number of carboxylic acids is 1. The Labute approximate surface area is 225 Å². The Hall–Kier alpha value is -2.86. The first-order valence-electron chi connectivity index (χ1n) is 11.3. The Kier molecular flexibility index (Phi) is 13.1. The van der Waals surface area contributed by atoms with Gasteiger partial charge in [-0.15, -0.1) is 17.7 Å². The second kappa shape index (κ2) is 16.0.